The van der Waals surface area contributed by atoms with Gasteiger partial charge in [-0.15, -0.1) is 0 Å². The Balaban J connectivity index is 3.00. The fourth-order valence-corrected chi connectivity index (χ4v) is 1.35. The number of aliphatic hydroxyl groups is 1. The van der Waals surface area contributed by atoms with E-state index in [1.54, 1.807) is 6.92 Å². The van der Waals surface area contributed by atoms with Gasteiger partial charge in [-0.1, -0.05) is 33.2 Å². The molecular formula is C10H12BrNO2. The lowest BCUT2D eigenvalue weighted by molar-refractivity contribution is 0.200. The van der Waals surface area contributed by atoms with Crippen molar-refractivity contribution in [2.75, 3.05) is 7.11 Å². The Kier molecular flexibility index (Phi) is 4.10. The second kappa shape index (κ2) is 5.12. The van der Waals surface area contributed by atoms with Crippen LogP contribution in [-0.2, 0) is 4.84 Å². The van der Waals surface area contributed by atoms with E-state index in [-0.39, 0.29) is 0 Å². The molecule has 0 aliphatic heterocycles. The summed E-state index contributed by atoms with van der Waals surface area (Å²) in [7, 11) is 1.46. The first-order valence-electron chi connectivity index (χ1n) is 4.20. The quantitative estimate of drug-likeness (QED) is 0.667. The first kappa shape index (κ1) is 11.2. The molecule has 0 bridgehead atoms. The second-order valence-electron chi connectivity index (χ2n) is 2.84. The van der Waals surface area contributed by atoms with Crippen molar-refractivity contribution in [1.82, 2.24) is 0 Å². The molecule has 1 aromatic rings. The molecule has 0 aliphatic carbocycles. The predicted molar refractivity (Wildman–Crippen MR) is 59.4 cm³/mol. The molecule has 0 fully saturated rings. The minimum absolute atomic E-state index is 0.528. The van der Waals surface area contributed by atoms with Crippen LogP contribution in [0.4, 0.5) is 0 Å². The van der Waals surface area contributed by atoms with Crippen LogP contribution in [0, 0.1) is 0 Å². The van der Waals surface area contributed by atoms with E-state index in [0.717, 1.165) is 10.0 Å². The molecule has 1 rings (SSSR count). The molecule has 3 nitrogen and oxygen atoms in total. The topological polar surface area (TPSA) is 41.8 Å². The average Bonchev–Trinajstić information content (AvgIpc) is 2.15. The van der Waals surface area contributed by atoms with Crippen molar-refractivity contribution in [3.05, 3.63) is 34.3 Å². The van der Waals surface area contributed by atoms with E-state index >= 15 is 0 Å². The number of rotatable bonds is 3. The Labute approximate surface area is 91.5 Å². The number of benzene rings is 1. The Morgan fingerprint density at radius 1 is 1.43 bits per heavy atom. The molecule has 0 aliphatic rings. The minimum atomic E-state index is -0.642. The van der Waals surface area contributed by atoms with E-state index in [2.05, 4.69) is 25.9 Å². The van der Waals surface area contributed by atoms with Crippen LogP contribution in [0.25, 0.3) is 0 Å². The van der Waals surface area contributed by atoms with Gasteiger partial charge in [0.05, 0.1) is 6.10 Å². The van der Waals surface area contributed by atoms with E-state index in [0.29, 0.717) is 5.71 Å². The van der Waals surface area contributed by atoms with Gasteiger partial charge in [-0.2, -0.15) is 0 Å². The van der Waals surface area contributed by atoms with Crippen LogP contribution in [0.5, 0.6) is 0 Å². The Morgan fingerprint density at radius 2 is 2.00 bits per heavy atom. The molecule has 76 valence electrons. The summed E-state index contributed by atoms with van der Waals surface area (Å²) in [5.74, 6) is 0. The zero-order chi connectivity index (χ0) is 10.6. The van der Waals surface area contributed by atoms with E-state index < -0.39 is 6.10 Å². The number of nitrogens with zero attached hydrogens (tertiary/aromatic N) is 1. The highest BCUT2D eigenvalue weighted by molar-refractivity contribution is 9.10. The van der Waals surface area contributed by atoms with Crippen molar-refractivity contribution in [3.63, 3.8) is 0 Å². The van der Waals surface area contributed by atoms with Crippen LogP contribution < -0.4 is 0 Å². The zero-order valence-electron chi connectivity index (χ0n) is 8.07. The molecule has 1 unspecified atom stereocenters. The third kappa shape index (κ3) is 2.82. The standard InChI is InChI=1S/C10H12BrNO2/c1-7(13)10(12-14-2)8-3-5-9(11)6-4-8/h3-7,13H,1-2H3. The van der Waals surface area contributed by atoms with Gasteiger partial charge in [0.2, 0.25) is 0 Å². The third-order valence-electron chi connectivity index (χ3n) is 1.73. The maximum absolute atomic E-state index is 9.44. The summed E-state index contributed by atoms with van der Waals surface area (Å²) in [5, 5.41) is 13.2. The third-order valence-corrected chi connectivity index (χ3v) is 2.25. The van der Waals surface area contributed by atoms with Gasteiger partial charge >= 0.3 is 0 Å². The monoisotopic (exact) mass is 257 g/mol. The highest BCUT2D eigenvalue weighted by Crippen LogP contribution is 2.12. The summed E-state index contributed by atoms with van der Waals surface area (Å²) in [6.07, 6.45) is -0.642. The molecule has 0 aromatic heterocycles. The van der Waals surface area contributed by atoms with E-state index in [4.69, 9.17) is 0 Å². The van der Waals surface area contributed by atoms with Gasteiger partial charge in [0.25, 0.3) is 0 Å². The fourth-order valence-electron chi connectivity index (χ4n) is 1.09. The van der Waals surface area contributed by atoms with Gasteiger partial charge in [0.1, 0.15) is 12.8 Å². The fraction of sp³-hybridized carbons (Fsp3) is 0.300. The number of halogens is 1. The molecule has 0 saturated heterocycles. The van der Waals surface area contributed by atoms with E-state index in [9.17, 15) is 5.11 Å². The lowest BCUT2D eigenvalue weighted by Crippen LogP contribution is -2.17. The van der Waals surface area contributed by atoms with Gasteiger partial charge in [-0.3, -0.25) is 0 Å². The van der Waals surface area contributed by atoms with Crippen molar-refractivity contribution in [3.8, 4) is 0 Å². The molecule has 0 saturated carbocycles. The first-order chi connectivity index (χ1) is 6.65. The molecule has 0 amide bonds. The molecule has 1 aromatic carbocycles. The van der Waals surface area contributed by atoms with Crippen LogP contribution in [0.2, 0.25) is 0 Å². The van der Waals surface area contributed by atoms with Crippen molar-refractivity contribution < 1.29 is 9.94 Å². The van der Waals surface area contributed by atoms with Gasteiger partial charge in [-0.25, -0.2) is 0 Å². The minimum Gasteiger partial charge on any atom is -0.399 e. The summed E-state index contributed by atoms with van der Waals surface area (Å²) >= 11 is 3.34. The molecule has 1 N–H and O–H groups in total. The van der Waals surface area contributed by atoms with Crippen LogP contribution in [0.15, 0.2) is 33.9 Å². The lowest BCUT2D eigenvalue weighted by Gasteiger charge is -2.08. The summed E-state index contributed by atoms with van der Waals surface area (Å²) < 4.78 is 0.989. The zero-order valence-corrected chi connectivity index (χ0v) is 9.65. The summed E-state index contributed by atoms with van der Waals surface area (Å²) in [5.41, 5.74) is 1.38. The number of hydrogen-bond donors (Lipinski definition) is 1. The van der Waals surface area contributed by atoms with Gasteiger partial charge in [0.15, 0.2) is 0 Å². The SMILES string of the molecule is CON=C(c1ccc(Br)cc1)C(C)O. The van der Waals surface area contributed by atoms with Crippen LogP contribution >= 0.6 is 15.9 Å². The second-order valence-corrected chi connectivity index (χ2v) is 3.76. The Morgan fingerprint density at radius 3 is 2.43 bits per heavy atom. The van der Waals surface area contributed by atoms with Crippen LogP contribution in [0.1, 0.15) is 12.5 Å². The van der Waals surface area contributed by atoms with Crippen molar-refractivity contribution in [2.45, 2.75) is 13.0 Å². The molecule has 0 radical (unpaired) electrons. The van der Waals surface area contributed by atoms with E-state index in [1.807, 2.05) is 24.3 Å². The highest BCUT2D eigenvalue weighted by Gasteiger charge is 2.10. The molecule has 0 spiro atoms. The van der Waals surface area contributed by atoms with Crippen molar-refractivity contribution in [2.24, 2.45) is 5.16 Å². The van der Waals surface area contributed by atoms with Crippen LogP contribution in [0.3, 0.4) is 0 Å². The van der Waals surface area contributed by atoms with Crippen LogP contribution in [-0.4, -0.2) is 24.0 Å². The highest BCUT2D eigenvalue weighted by atomic mass is 79.9. The summed E-state index contributed by atoms with van der Waals surface area (Å²) in [6, 6.07) is 7.52. The first-order valence-corrected chi connectivity index (χ1v) is 4.99. The van der Waals surface area contributed by atoms with E-state index in [1.165, 1.54) is 7.11 Å². The molecular weight excluding hydrogens is 246 g/mol. The van der Waals surface area contributed by atoms with Crippen molar-refractivity contribution in [1.29, 1.82) is 0 Å². The smallest absolute Gasteiger partial charge is 0.115 e. The summed E-state index contributed by atoms with van der Waals surface area (Å²) in [4.78, 5) is 4.67. The maximum atomic E-state index is 9.44. The average molecular weight is 258 g/mol. The predicted octanol–water partition coefficient (Wildman–Crippen LogP) is 2.18. The number of aliphatic hydroxyl groups excluding tert-OH is 1. The molecule has 4 heteroatoms. The molecule has 1 atom stereocenters. The Bertz CT molecular complexity index is 319. The lowest BCUT2D eigenvalue weighted by atomic mass is 10.1. The number of oxime groups is 1. The van der Waals surface area contributed by atoms with Gasteiger partial charge in [0, 0.05) is 10.0 Å². The molecule has 0 heterocycles. The van der Waals surface area contributed by atoms with Crippen molar-refractivity contribution >= 4 is 21.6 Å². The number of hydrogen-bond acceptors (Lipinski definition) is 3. The van der Waals surface area contributed by atoms with Gasteiger partial charge < -0.3 is 9.94 Å². The summed E-state index contributed by atoms with van der Waals surface area (Å²) in [6.45, 7) is 1.65. The largest absolute Gasteiger partial charge is 0.399 e. The van der Waals surface area contributed by atoms with Gasteiger partial charge in [-0.05, 0) is 19.1 Å². The molecule has 14 heavy (non-hydrogen) atoms. The Hall–Kier alpha value is -0.870. The maximum Gasteiger partial charge on any atom is 0.115 e. The normalized spacial score (nSPS) is 13.9.